The Labute approximate surface area is 198 Å². The summed E-state index contributed by atoms with van der Waals surface area (Å²) in [5.41, 5.74) is 1.90. The molecule has 1 fully saturated rings. The molecule has 3 aromatic rings. The van der Waals surface area contributed by atoms with Gasteiger partial charge in [-0.25, -0.2) is 8.42 Å². The zero-order chi connectivity index (χ0) is 24.5. The van der Waals surface area contributed by atoms with Gasteiger partial charge in [0.05, 0.1) is 24.6 Å². The maximum Gasteiger partial charge on any atom is 0.324 e. The van der Waals surface area contributed by atoms with Crippen molar-refractivity contribution in [1.29, 1.82) is 0 Å². The summed E-state index contributed by atoms with van der Waals surface area (Å²) in [7, 11) is -2.75. The number of piperazine rings is 1. The number of methoxy groups -OCH3 is 1. The molecule has 34 heavy (non-hydrogen) atoms. The van der Waals surface area contributed by atoms with Crippen molar-refractivity contribution in [2.24, 2.45) is 0 Å². The van der Waals surface area contributed by atoms with Crippen LogP contribution in [-0.2, 0) is 19.6 Å². The summed E-state index contributed by atoms with van der Waals surface area (Å²) in [6.45, 7) is 1.28. The summed E-state index contributed by atoms with van der Waals surface area (Å²) in [5.74, 6) is -1.31. The van der Waals surface area contributed by atoms with Gasteiger partial charge in [-0.3, -0.25) is 9.59 Å². The van der Waals surface area contributed by atoms with Crippen molar-refractivity contribution in [2.75, 3.05) is 18.6 Å². The number of amides is 1. The quantitative estimate of drug-likeness (QED) is 0.581. The van der Waals surface area contributed by atoms with Crippen LogP contribution < -0.4 is 9.64 Å². The zero-order valence-corrected chi connectivity index (χ0v) is 19.5. The molecule has 0 unspecified atom stereocenters. The van der Waals surface area contributed by atoms with Crippen LogP contribution in [-0.4, -0.2) is 49.4 Å². The fourth-order valence-corrected chi connectivity index (χ4v) is 5.68. The van der Waals surface area contributed by atoms with Gasteiger partial charge >= 0.3 is 5.97 Å². The van der Waals surface area contributed by atoms with Crippen LogP contribution in [0.1, 0.15) is 17.2 Å². The Morgan fingerprint density at radius 2 is 1.59 bits per heavy atom. The van der Waals surface area contributed by atoms with Crippen molar-refractivity contribution < 1.29 is 27.9 Å². The minimum Gasteiger partial charge on any atom is -0.497 e. The van der Waals surface area contributed by atoms with Gasteiger partial charge in [0, 0.05) is 5.69 Å². The second kappa shape index (κ2) is 9.28. The molecule has 1 amide bonds. The molecule has 0 aliphatic carbocycles. The molecule has 1 N–H and O–H groups in total. The molecule has 1 aliphatic heterocycles. The second-order valence-corrected chi connectivity index (χ2v) is 9.85. The van der Waals surface area contributed by atoms with Gasteiger partial charge in [0.15, 0.2) is 0 Å². The molecule has 0 spiro atoms. The predicted molar refractivity (Wildman–Crippen MR) is 126 cm³/mol. The van der Waals surface area contributed by atoms with Gasteiger partial charge in [-0.2, -0.15) is 4.31 Å². The Morgan fingerprint density at radius 1 is 0.971 bits per heavy atom. The average molecular weight is 481 g/mol. The van der Waals surface area contributed by atoms with Gasteiger partial charge in [-0.05, 0) is 48.9 Å². The standard InChI is InChI=1S/C25H24N2O6S/c1-17-8-10-18(11-9-17)23-24(25(29)30)26(34(31,32)21-6-4-3-5-7-21)16-22(28)27(23)19-12-14-20(33-2)15-13-19/h3-15,23-24H,16H2,1-2H3,(H,29,30)/t23-,24+/m1/s1. The van der Waals surface area contributed by atoms with Gasteiger partial charge in [-0.15, -0.1) is 0 Å². The van der Waals surface area contributed by atoms with E-state index in [0.29, 0.717) is 17.0 Å². The van der Waals surface area contributed by atoms with Crippen LogP contribution in [0.2, 0.25) is 0 Å². The number of carbonyl (C=O) groups excluding carboxylic acids is 1. The molecule has 0 radical (unpaired) electrons. The lowest BCUT2D eigenvalue weighted by molar-refractivity contribution is -0.144. The number of rotatable bonds is 6. The number of ether oxygens (including phenoxy) is 1. The van der Waals surface area contributed by atoms with Crippen LogP contribution in [0.4, 0.5) is 5.69 Å². The number of hydrogen-bond acceptors (Lipinski definition) is 5. The number of carboxylic acid groups (broad SMARTS) is 1. The minimum atomic E-state index is -4.27. The fourth-order valence-electron chi connectivity index (χ4n) is 4.12. The highest BCUT2D eigenvalue weighted by molar-refractivity contribution is 7.89. The molecule has 1 heterocycles. The number of carboxylic acids is 1. The number of sulfonamides is 1. The van der Waals surface area contributed by atoms with Gasteiger partial charge in [0.2, 0.25) is 15.9 Å². The molecular weight excluding hydrogens is 456 g/mol. The van der Waals surface area contributed by atoms with Crippen molar-refractivity contribution in [3.63, 3.8) is 0 Å². The second-order valence-electron chi connectivity index (χ2n) is 7.96. The van der Waals surface area contributed by atoms with Gasteiger partial charge in [0.1, 0.15) is 11.8 Å². The molecule has 0 saturated carbocycles. The van der Waals surface area contributed by atoms with E-state index in [1.165, 1.54) is 24.1 Å². The van der Waals surface area contributed by atoms with Crippen LogP contribution >= 0.6 is 0 Å². The Morgan fingerprint density at radius 3 is 2.15 bits per heavy atom. The first kappa shape index (κ1) is 23.5. The summed E-state index contributed by atoms with van der Waals surface area (Å²) in [5, 5.41) is 10.3. The molecule has 2 atom stereocenters. The maximum absolute atomic E-state index is 13.5. The smallest absolute Gasteiger partial charge is 0.324 e. The largest absolute Gasteiger partial charge is 0.497 e. The normalized spacial score (nSPS) is 19.1. The van der Waals surface area contributed by atoms with Crippen LogP contribution in [0.3, 0.4) is 0 Å². The maximum atomic E-state index is 13.5. The van der Waals surface area contributed by atoms with Gasteiger partial charge in [0.25, 0.3) is 0 Å². The summed E-state index contributed by atoms with van der Waals surface area (Å²) in [6, 6.07) is 18.6. The highest BCUT2D eigenvalue weighted by Crippen LogP contribution is 2.39. The summed E-state index contributed by atoms with van der Waals surface area (Å²) >= 11 is 0. The molecule has 0 aromatic heterocycles. The molecule has 1 saturated heterocycles. The van der Waals surface area contributed by atoms with E-state index in [2.05, 4.69) is 0 Å². The monoisotopic (exact) mass is 480 g/mol. The zero-order valence-electron chi connectivity index (χ0n) is 18.7. The molecular formula is C25H24N2O6S. The molecule has 176 valence electrons. The van der Waals surface area contributed by atoms with E-state index in [-0.39, 0.29) is 4.90 Å². The number of aliphatic carboxylic acids is 1. The average Bonchev–Trinajstić information content (AvgIpc) is 2.84. The number of anilines is 1. The fraction of sp³-hybridized carbons (Fsp3) is 0.200. The summed E-state index contributed by atoms with van der Waals surface area (Å²) in [4.78, 5) is 27.4. The highest BCUT2D eigenvalue weighted by atomic mass is 32.2. The van der Waals surface area contributed by atoms with Crippen LogP contribution in [0.15, 0.2) is 83.8 Å². The molecule has 3 aromatic carbocycles. The third kappa shape index (κ3) is 4.27. The van der Waals surface area contributed by atoms with Crippen molar-refractivity contribution >= 4 is 27.6 Å². The first-order valence-electron chi connectivity index (χ1n) is 10.6. The van der Waals surface area contributed by atoms with E-state index in [4.69, 9.17) is 4.74 Å². The molecule has 9 heteroatoms. The van der Waals surface area contributed by atoms with Crippen molar-refractivity contribution in [3.05, 3.63) is 90.0 Å². The van der Waals surface area contributed by atoms with E-state index in [1.54, 1.807) is 66.7 Å². The minimum absolute atomic E-state index is 0.0744. The Balaban J connectivity index is 1.89. The molecule has 1 aliphatic rings. The van der Waals surface area contributed by atoms with E-state index in [9.17, 15) is 23.1 Å². The third-order valence-corrected chi connectivity index (χ3v) is 7.66. The van der Waals surface area contributed by atoms with Crippen molar-refractivity contribution in [2.45, 2.75) is 23.9 Å². The highest BCUT2D eigenvalue weighted by Gasteiger charge is 2.50. The lowest BCUT2D eigenvalue weighted by Gasteiger charge is -2.44. The summed E-state index contributed by atoms with van der Waals surface area (Å²) in [6.07, 6.45) is 0. The number of benzene rings is 3. The van der Waals surface area contributed by atoms with E-state index in [1.807, 2.05) is 6.92 Å². The first-order chi connectivity index (χ1) is 16.2. The van der Waals surface area contributed by atoms with Crippen LogP contribution in [0, 0.1) is 6.92 Å². The van der Waals surface area contributed by atoms with Crippen molar-refractivity contribution in [3.8, 4) is 5.75 Å². The van der Waals surface area contributed by atoms with Crippen LogP contribution in [0.25, 0.3) is 0 Å². The first-order valence-corrected chi connectivity index (χ1v) is 12.0. The van der Waals surface area contributed by atoms with E-state index in [0.717, 1.165) is 9.87 Å². The van der Waals surface area contributed by atoms with E-state index >= 15 is 0 Å². The number of hydrogen-bond donors (Lipinski definition) is 1. The Hall–Kier alpha value is -3.69. The lowest BCUT2D eigenvalue weighted by atomic mass is 9.93. The number of nitrogens with zero attached hydrogens (tertiary/aromatic N) is 2. The van der Waals surface area contributed by atoms with Crippen molar-refractivity contribution in [1.82, 2.24) is 4.31 Å². The SMILES string of the molecule is COc1ccc(N2C(=O)CN(S(=O)(=O)c3ccccc3)[C@H](C(=O)O)[C@H]2c2ccc(C)cc2)cc1. The number of carbonyl (C=O) groups is 2. The van der Waals surface area contributed by atoms with Gasteiger partial charge in [-0.1, -0.05) is 48.0 Å². The number of aryl methyl sites for hydroxylation is 1. The Bertz CT molecular complexity index is 1290. The third-order valence-electron chi connectivity index (χ3n) is 5.82. The van der Waals surface area contributed by atoms with Gasteiger partial charge < -0.3 is 14.7 Å². The molecule has 0 bridgehead atoms. The molecule has 8 nitrogen and oxygen atoms in total. The Kier molecular flexibility index (Phi) is 6.41. The topological polar surface area (TPSA) is 104 Å². The lowest BCUT2D eigenvalue weighted by Crippen LogP contribution is -2.62. The van der Waals surface area contributed by atoms with Crippen LogP contribution in [0.5, 0.6) is 5.75 Å². The predicted octanol–water partition coefficient (Wildman–Crippen LogP) is 3.24. The van der Waals surface area contributed by atoms with E-state index < -0.39 is 40.5 Å². The molecule has 4 rings (SSSR count). The summed E-state index contributed by atoms with van der Waals surface area (Å²) < 4.78 is 32.9.